The van der Waals surface area contributed by atoms with Crippen molar-refractivity contribution in [1.82, 2.24) is 29.8 Å². The minimum atomic E-state index is -0.966. The van der Waals surface area contributed by atoms with Crippen LogP contribution in [0.3, 0.4) is 0 Å². The van der Waals surface area contributed by atoms with E-state index >= 15 is 0 Å². The maximum absolute atomic E-state index is 12.3. The Morgan fingerprint density at radius 1 is 0.952 bits per heavy atom. The van der Waals surface area contributed by atoms with Crippen molar-refractivity contribution in [3.63, 3.8) is 0 Å². The molecule has 0 bridgehead atoms. The third-order valence-electron chi connectivity index (χ3n) is 7.07. The summed E-state index contributed by atoms with van der Waals surface area (Å²) < 4.78 is 8.95. The number of rotatable bonds is 10. The second kappa shape index (κ2) is 11.9. The molecule has 1 N–H and O–H groups in total. The van der Waals surface area contributed by atoms with E-state index < -0.39 is 11.4 Å². The molecule has 2 aromatic heterocycles. The van der Waals surface area contributed by atoms with Crippen molar-refractivity contribution >= 4 is 23.0 Å². The number of carbonyl (C=O) groups is 2. The Balaban J connectivity index is 1.45. The first-order chi connectivity index (χ1) is 20.2. The molecule has 2 heterocycles. The number of fused-ring (bicyclic) bond motifs is 1. The first-order valence-electron chi connectivity index (χ1n) is 14.0. The second-order valence-corrected chi connectivity index (χ2v) is 11.3. The highest BCUT2D eigenvalue weighted by molar-refractivity contribution is 6.01. The van der Waals surface area contributed by atoms with Crippen LogP contribution >= 0.6 is 0 Å². The van der Waals surface area contributed by atoms with E-state index in [0.29, 0.717) is 23.4 Å². The number of carboxylic acids is 1. The second-order valence-electron chi connectivity index (χ2n) is 11.3. The number of carbonyl (C=O) groups excluding carboxylic acids is 1. The molecule has 216 valence electrons. The molecule has 10 heteroatoms. The summed E-state index contributed by atoms with van der Waals surface area (Å²) in [4.78, 5) is 29.1. The van der Waals surface area contributed by atoms with E-state index in [4.69, 9.17) is 9.72 Å². The summed E-state index contributed by atoms with van der Waals surface area (Å²) in [6.45, 7) is 7.91. The Morgan fingerprint density at radius 2 is 1.69 bits per heavy atom. The summed E-state index contributed by atoms with van der Waals surface area (Å²) in [5, 5.41) is 21.9. The highest BCUT2D eigenvalue weighted by Crippen LogP contribution is 2.31. The van der Waals surface area contributed by atoms with E-state index in [-0.39, 0.29) is 18.3 Å². The van der Waals surface area contributed by atoms with Crippen LogP contribution in [0.1, 0.15) is 62.3 Å². The smallest absolute Gasteiger partial charge is 0.337 e. The Labute approximate surface area is 244 Å². The lowest BCUT2D eigenvalue weighted by Crippen LogP contribution is -2.24. The quantitative estimate of drug-likeness (QED) is 0.204. The van der Waals surface area contributed by atoms with Gasteiger partial charge in [0, 0.05) is 18.5 Å². The van der Waals surface area contributed by atoms with Crippen LogP contribution < -0.4 is 0 Å². The van der Waals surface area contributed by atoms with Gasteiger partial charge < -0.3 is 14.4 Å². The van der Waals surface area contributed by atoms with Crippen molar-refractivity contribution in [1.29, 1.82) is 0 Å². The standard InChI is InChI=1S/C32H34N6O4/c1-5-6-14-27-33-26-13-9-12-25(30(39)40)28(26)37(27)19-21-15-17-22(18-16-21)23-10-7-8-11-24(23)29-34-35-36-38(29)20-42-31(41)32(2,3)4/h7-13,15-18H,5-6,14,19-20H2,1-4H3,(H,39,40). The van der Waals surface area contributed by atoms with Gasteiger partial charge in [-0.3, -0.25) is 4.79 Å². The monoisotopic (exact) mass is 566 g/mol. The molecule has 0 spiro atoms. The molecule has 3 aromatic carbocycles. The number of ether oxygens (including phenoxy) is 1. The zero-order valence-electron chi connectivity index (χ0n) is 24.2. The van der Waals surface area contributed by atoms with Crippen LogP contribution in [-0.4, -0.2) is 46.8 Å². The van der Waals surface area contributed by atoms with Crippen LogP contribution in [0, 0.1) is 5.41 Å². The molecule has 5 aromatic rings. The molecule has 0 unspecified atom stereocenters. The minimum Gasteiger partial charge on any atom is -0.478 e. The van der Waals surface area contributed by atoms with Gasteiger partial charge in [-0.25, -0.2) is 9.78 Å². The Morgan fingerprint density at radius 3 is 2.38 bits per heavy atom. The molecule has 10 nitrogen and oxygen atoms in total. The summed E-state index contributed by atoms with van der Waals surface area (Å²) in [6.07, 6.45) is 2.76. The predicted octanol–water partition coefficient (Wildman–Crippen LogP) is 5.99. The van der Waals surface area contributed by atoms with Gasteiger partial charge in [-0.05, 0) is 66.4 Å². The van der Waals surface area contributed by atoms with E-state index in [1.165, 1.54) is 4.68 Å². The fourth-order valence-corrected chi connectivity index (χ4v) is 4.83. The SMILES string of the molecule is CCCCc1nc2cccc(C(=O)O)c2n1Cc1ccc(-c2ccccc2-c2nnnn2COC(=O)C(C)(C)C)cc1. The van der Waals surface area contributed by atoms with Gasteiger partial charge in [0.05, 0.1) is 22.0 Å². The zero-order chi connectivity index (χ0) is 29.9. The summed E-state index contributed by atoms with van der Waals surface area (Å²) in [7, 11) is 0. The van der Waals surface area contributed by atoms with Gasteiger partial charge in [0.2, 0.25) is 0 Å². The lowest BCUT2D eigenvalue weighted by molar-refractivity contribution is -0.157. The number of aryl methyl sites for hydroxylation is 1. The van der Waals surface area contributed by atoms with Crippen molar-refractivity contribution in [2.45, 2.75) is 60.2 Å². The van der Waals surface area contributed by atoms with E-state index in [0.717, 1.165) is 47.3 Å². The van der Waals surface area contributed by atoms with Gasteiger partial charge in [0.15, 0.2) is 12.6 Å². The normalized spacial score (nSPS) is 11.6. The van der Waals surface area contributed by atoms with Crippen LogP contribution in [0.5, 0.6) is 0 Å². The molecule has 0 aliphatic carbocycles. The summed E-state index contributed by atoms with van der Waals surface area (Å²) in [6, 6.07) is 21.2. The number of hydrogen-bond donors (Lipinski definition) is 1. The van der Waals surface area contributed by atoms with Crippen molar-refractivity contribution in [2.75, 3.05) is 0 Å². The molecular weight excluding hydrogens is 532 g/mol. The van der Waals surface area contributed by atoms with E-state index in [2.05, 4.69) is 22.4 Å². The van der Waals surface area contributed by atoms with Crippen molar-refractivity contribution < 1.29 is 19.4 Å². The summed E-state index contributed by atoms with van der Waals surface area (Å²) >= 11 is 0. The number of esters is 1. The number of aromatic carboxylic acids is 1. The largest absolute Gasteiger partial charge is 0.478 e. The van der Waals surface area contributed by atoms with Gasteiger partial charge in [-0.1, -0.05) is 67.9 Å². The first kappa shape index (κ1) is 28.7. The van der Waals surface area contributed by atoms with Crippen LogP contribution in [0.2, 0.25) is 0 Å². The lowest BCUT2D eigenvalue weighted by Gasteiger charge is -2.17. The molecule has 0 saturated carbocycles. The molecule has 5 rings (SSSR count). The van der Waals surface area contributed by atoms with Crippen LogP contribution in [0.4, 0.5) is 0 Å². The highest BCUT2D eigenvalue weighted by atomic mass is 16.5. The van der Waals surface area contributed by atoms with Crippen LogP contribution in [-0.2, 0) is 29.2 Å². The number of aromatic nitrogens is 6. The zero-order valence-corrected chi connectivity index (χ0v) is 24.2. The number of para-hydroxylation sites is 1. The maximum Gasteiger partial charge on any atom is 0.337 e. The molecule has 0 amide bonds. The molecule has 0 aliphatic rings. The van der Waals surface area contributed by atoms with Crippen molar-refractivity contribution in [3.05, 3.63) is 83.7 Å². The van der Waals surface area contributed by atoms with Crippen LogP contribution in [0.15, 0.2) is 66.7 Å². The predicted molar refractivity (Wildman–Crippen MR) is 159 cm³/mol. The van der Waals surface area contributed by atoms with Gasteiger partial charge in [0.25, 0.3) is 0 Å². The maximum atomic E-state index is 12.3. The van der Waals surface area contributed by atoms with Gasteiger partial charge in [-0.15, -0.1) is 5.10 Å². The average Bonchev–Trinajstić information content (AvgIpc) is 3.59. The number of hydrogen-bond acceptors (Lipinski definition) is 7. The van der Waals surface area contributed by atoms with Crippen molar-refractivity contribution in [2.24, 2.45) is 5.41 Å². The van der Waals surface area contributed by atoms with Crippen molar-refractivity contribution in [3.8, 4) is 22.5 Å². The molecule has 0 saturated heterocycles. The Hall–Kier alpha value is -4.86. The number of nitrogens with zero attached hydrogens (tertiary/aromatic N) is 6. The Kier molecular flexibility index (Phi) is 8.15. The minimum absolute atomic E-state index is 0.0940. The molecule has 42 heavy (non-hydrogen) atoms. The van der Waals surface area contributed by atoms with E-state index in [1.807, 2.05) is 59.2 Å². The topological polar surface area (TPSA) is 125 Å². The fourth-order valence-electron chi connectivity index (χ4n) is 4.83. The number of imidazole rings is 1. The Bertz CT molecular complexity index is 1730. The van der Waals surface area contributed by atoms with Gasteiger partial charge in [-0.2, -0.15) is 4.68 Å². The van der Waals surface area contributed by atoms with E-state index in [1.54, 1.807) is 32.9 Å². The third kappa shape index (κ3) is 5.93. The number of unbranched alkanes of at least 4 members (excludes halogenated alkanes) is 1. The number of tetrazole rings is 1. The number of benzene rings is 3. The average molecular weight is 567 g/mol. The van der Waals surface area contributed by atoms with Gasteiger partial charge in [0.1, 0.15) is 5.82 Å². The number of carboxylic acid groups (broad SMARTS) is 1. The first-order valence-corrected chi connectivity index (χ1v) is 14.0. The van der Waals surface area contributed by atoms with E-state index in [9.17, 15) is 14.7 Å². The lowest BCUT2D eigenvalue weighted by atomic mass is 9.97. The molecule has 0 atom stereocenters. The molecular formula is C32H34N6O4. The van der Waals surface area contributed by atoms with Gasteiger partial charge >= 0.3 is 11.9 Å². The molecule has 0 radical (unpaired) electrons. The summed E-state index contributed by atoms with van der Waals surface area (Å²) in [5.74, 6) is 0.0649. The summed E-state index contributed by atoms with van der Waals surface area (Å²) in [5.41, 5.74) is 4.66. The third-order valence-corrected chi connectivity index (χ3v) is 7.07. The molecule has 0 aliphatic heterocycles. The highest BCUT2D eigenvalue weighted by Gasteiger charge is 2.24. The molecule has 0 fully saturated rings. The fraction of sp³-hybridized carbons (Fsp3) is 0.312. The van der Waals surface area contributed by atoms with Crippen LogP contribution in [0.25, 0.3) is 33.5 Å².